The lowest BCUT2D eigenvalue weighted by molar-refractivity contribution is -0.137. The number of nitrogens with two attached hydrogens (primary N) is 1. The van der Waals surface area contributed by atoms with E-state index in [9.17, 15) is 13.2 Å². The second-order valence-electron chi connectivity index (χ2n) is 6.78. The number of hydrogen-bond acceptors (Lipinski definition) is 2. The van der Waals surface area contributed by atoms with E-state index < -0.39 is 11.7 Å². The van der Waals surface area contributed by atoms with Crippen molar-refractivity contribution in [3.05, 3.63) is 95.6 Å². The summed E-state index contributed by atoms with van der Waals surface area (Å²) < 4.78 is 37.9. The third kappa shape index (κ3) is 5.44. The highest BCUT2D eigenvalue weighted by molar-refractivity contribution is 5.63. The Hall–Kier alpha value is -2.63. The largest absolute Gasteiger partial charge is 0.416 e. The molecule has 3 aromatic rings. The fourth-order valence-electron chi connectivity index (χ4n) is 3.06. The molecule has 0 saturated carbocycles. The number of benzene rings is 3. The van der Waals surface area contributed by atoms with Crippen molar-refractivity contribution in [2.24, 2.45) is 5.73 Å². The molecule has 0 saturated heterocycles. The van der Waals surface area contributed by atoms with Gasteiger partial charge in [0.1, 0.15) is 0 Å². The summed E-state index contributed by atoms with van der Waals surface area (Å²) in [5.74, 6) is 0. The predicted octanol–water partition coefficient (Wildman–Crippen LogP) is 5.03. The van der Waals surface area contributed by atoms with Gasteiger partial charge >= 0.3 is 6.18 Å². The summed E-state index contributed by atoms with van der Waals surface area (Å²) in [6.07, 6.45) is -3.55. The third-order valence-electron chi connectivity index (χ3n) is 4.70. The molecule has 0 aliphatic rings. The molecule has 0 amide bonds. The van der Waals surface area contributed by atoms with Gasteiger partial charge < -0.3 is 11.1 Å². The molecule has 1 unspecified atom stereocenters. The van der Waals surface area contributed by atoms with Gasteiger partial charge in [-0.2, -0.15) is 13.2 Å². The van der Waals surface area contributed by atoms with E-state index >= 15 is 0 Å². The molecule has 2 nitrogen and oxygen atoms in total. The lowest BCUT2D eigenvalue weighted by Crippen LogP contribution is -2.37. The number of alkyl halides is 3. The van der Waals surface area contributed by atoms with E-state index in [1.807, 2.05) is 18.2 Å². The van der Waals surface area contributed by atoms with Gasteiger partial charge in [-0.3, -0.25) is 0 Å². The Kier molecular flexibility index (Phi) is 6.49. The van der Waals surface area contributed by atoms with Gasteiger partial charge in [-0.15, -0.1) is 0 Å². The number of halogens is 3. The maximum Gasteiger partial charge on any atom is 0.416 e. The average Bonchev–Trinajstić information content (AvgIpc) is 2.72. The van der Waals surface area contributed by atoms with Crippen LogP contribution in [0.1, 0.15) is 16.7 Å². The maximum absolute atomic E-state index is 12.6. The first-order chi connectivity index (χ1) is 13.5. The van der Waals surface area contributed by atoms with Crippen LogP contribution in [0.2, 0.25) is 0 Å². The van der Waals surface area contributed by atoms with Crippen LogP contribution in [0.3, 0.4) is 0 Å². The predicted molar refractivity (Wildman–Crippen MR) is 107 cm³/mol. The van der Waals surface area contributed by atoms with Crippen LogP contribution in [-0.4, -0.2) is 12.6 Å². The van der Waals surface area contributed by atoms with Gasteiger partial charge in [0.05, 0.1) is 5.56 Å². The normalized spacial score (nSPS) is 12.7. The molecule has 5 heteroatoms. The molecule has 3 N–H and O–H groups in total. The Morgan fingerprint density at radius 3 is 1.89 bits per heavy atom. The zero-order valence-electron chi connectivity index (χ0n) is 15.4. The molecule has 3 aromatic carbocycles. The van der Waals surface area contributed by atoms with Crippen molar-refractivity contribution in [3.8, 4) is 11.1 Å². The summed E-state index contributed by atoms with van der Waals surface area (Å²) in [6, 6.07) is 23.8. The highest BCUT2D eigenvalue weighted by Crippen LogP contribution is 2.29. The molecule has 3 rings (SSSR count). The Labute approximate surface area is 163 Å². The maximum atomic E-state index is 12.6. The SMILES string of the molecule is NCC(Cc1ccc(-c2ccccc2)cc1)NCc1ccc(C(F)(F)F)cc1. The van der Waals surface area contributed by atoms with Crippen molar-refractivity contribution in [1.29, 1.82) is 0 Å². The summed E-state index contributed by atoms with van der Waals surface area (Å²) in [6.45, 7) is 0.920. The molecule has 0 fully saturated rings. The molecule has 28 heavy (non-hydrogen) atoms. The minimum absolute atomic E-state index is 0.0462. The Bertz CT molecular complexity index is 857. The summed E-state index contributed by atoms with van der Waals surface area (Å²) in [5, 5.41) is 3.33. The summed E-state index contributed by atoms with van der Waals surface area (Å²) >= 11 is 0. The van der Waals surface area contributed by atoms with Gasteiger partial charge in [0.25, 0.3) is 0 Å². The van der Waals surface area contributed by atoms with Crippen LogP contribution in [0.15, 0.2) is 78.9 Å². The van der Waals surface area contributed by atoms with Crippen molar-refractivity contribution in [3.63, 3.8) is 0 Å². The second-order valence-corrected chi connectivity index (χ2v) is 6.78. The quantitative estimate of drug-likeness (QED) is 0.599. The Balaban J connectivity index is 1.57. The van der Waals surface area contributed by atoms with Crippen LogP contribution in [0, 0.1) is 0 Å². The van der Waals surface area contributed by atoms with Crippen LogP contribution in [-0.2, 0) is 19.1 Å². The number of hydrogen-bond donors (Lipinski definition) is 2. The topological polar surface area (TPSA) is 38.0 Å². The van der Waals surface area contributed by atoms with Gasteiger partial charge in [0.2, 0.25) is 0 Å². The summed E-state index contributed by atoms with van der Waals surface area (Å²) in [5.41, 5.74) is 9.53. The van der Waals surface area contributed by atoms with Crippen LogP contribution in [0.5, 0.6) is 0 Å². The first-order valence-electron chi connectivity index (χ1n) is 9.19. The first kappa shape index (κ1) is 20.1. The van der Waals surface area contributed by atoms with Crippen molar-refractivity contribution in [2.75, 3.05) is 6.54 Å². The van der Waals surface area contributed by atoms with Crippen molar-refractivity contribution in [1.82, 2.24) is 5.32 Å². The number of rotatable bonds is 7. The second kappa shape index (κ2) is 9.04. The Morgan fingerprint density at radius 1 is 0.750 bits per heavy atom. The molecular formula is C23H23F3N2. The zero-order chi connectivity index (χ0) is 20.0. The highest BCUT2D eigenvalue weighted by Gasteiger charge is 2.29. The minimum Gasteiger partial charge on any atom is -0.329 e. The molecule has 146 valence electrons. The van der Waals surface area contributed by atoms with E-state index in [-0.39, 0.29) is 6.04 Å². The van der Waals surface area contributed by atoms with Gasteiger partial charge in [-0.1, -0.05) is 66.7 Å². The molecule has 0 spiro atoms. The molecule has 0 aromatic heterocycles. The van der Waals surface area contributed by atoms with E-state index in [0.717, 1.165) is 35.2 Å². The standard InChI is InChI=1S/C23H23F3N2/c24-23(25,26)21-12-8-18(9-13-21)16-28-22(15-27)14-17-6-10-20(11-7-17)19-4-2-1-3-5-19/h1-13,22,28H,14-16,27H2. The smallest absolute Gasteiger partial charge is 0.329 e. The van der Waals surface area contributed by atoms with Crippen LogP contribution in [0.4, 0.5) is 13.2 Å². The highest BCUT2D eigenvalue weighted by atomic mass is 19.4. The zero-order valence-corrected chi connectivity index (χ0v) is 15.4. The monoisotopic (exact) mass is 384 g/mol. The van der Waals surface area contributed by atoms with Gasteiger partial charge in [-0.05, 0) is 40.8 Å². The van der Waals surface area contributed by atoms with Gasteiger partial charge in [-0.25, -0.2) is 0 Å². The average molecular weight is 384 g/mol. The number of nitrogens with one attached hydrogen (secondary N) is 1. The van der Waals surface area contributed by atoms with Gasteiger partial charge in [0, 0.05) is 19.1 Å². The van der Waals surface area contributed by atoms with Crippen molar-refractivity contribution < 1.29 is 13.2 Å². The summed E-state index contributed by atoms with van der Waals surface area (Å²) in [7, 11) is 0. The fourth-order valence-corrected chi connectivity index (χ4v) is 3.06. The van der Waals surface area contributed by atoms with Crippen molar-refractivity contribution in [2.45, 2.75) is 25.2 Å². The van der Waals surface area contributed by atoms with Gasteiger partial charge in [0.15, 0.2) is 0 Å². The van der Waals surface area contributed by atoms with E-state index in [1.165, 1.54) is 17.7 Å². The first-order valence-corrected chi connectivity index (χ1v) is 9.19. The molecule has 0 aliphatic heterocycles. The molecule has 1 atom stereocenters. The molecule has 0 aliphatic carbocycles. The third-order valence-corrected chi connectivity index (χ3v) is 4.70. The van der Waals surface area contributed by atoms with Crippen LogP contribution in [0.25, 0.3) is 11.1 Å². The van der Waals surface area contributed by atoms with E-state index in [0.29, 0.717) is 13.1 Å². The molecular weight excluding hydrogens is 361 g/mol. The fraction of sp³-hybridized carbons (Fsp3) is 0.217. The molecule has 0 heterocycles. The van der Waals surface area contributed by atoms with Crippen LogP contribution >= 0.6 is 0 Å². The van der Waals surface area contributed by atoms with E-state index in [1.54, 1.807) is 0 Å². The van der Waals surface area contributed by atoms with E-state index in [4.69, 9.17) is 5.73 Å². The summed E-state index contributed by atoms with van der Waals surface area (Å²) in [4.78, 5) is 0. The van der Waals surface area contributed by atoms with Crippen LogP contribution < -0.4 is 11.1 Å². The Morgan fingerprint density at radius 2 is 1.32 bits per heavy atom. The minimum atomic E-state index is -4.31. The van der Waals surface area contributed by atoms with Crippen molar-refractivity contribution >= 4 is 0 Å². The lowest BCUT2D eigenvalue weighted by Gasteiger charge is -2.17. The lowest BCUT2D eigenvalue weighted by atomic mass is 10.0. The molecule has 0 bridgehead atoms. The molecule has 0 radical (unpaired) electrons. The van der Waals surface area contributed by atoms with E-state index in [2.05, 4.69) is 41.7 Å².